The average molecular weight is 382 g/mol. The average Bonchev–Trinajstić information content (AvgIpc) is 2.99. The Labute approximate surface area is 152 Å². The van der Waals surface area contributed by atoms with E-state index >= 15 is 0 Å². The van der Waals surface area contributed by atoms with Gasteiger partial charge in [-0.2, -0.15) is 0 Å². The molecule has 142 valence electrons. The van der Waals surface area contributed by atoms with Gasteiger partial charge in [-0.05, 0) is 37.1 Å². The number of nitrogens with zero attached hydrogens (tertiary/aromatic N) is 1. The van der Waals surface area contributed by atoms with E-state index in [1.165, 1.54) is 24.3 Å². The van der Waals surface area contributed by atoms with Gasteiger partial charge < -0.3 is 9.84 Å². The van der Waals surface area contributed by atoms with E-state index in [9.17, 15) is 23.1 Å². The third kappa shape index (κ3) is 3.80. The number of hydrogen-bond acceptors (Lipinski definition) is 6. The van der Waals surface area contributed by atoms with Crippen molar-refractivity contribution < 1.29 is 27.9 Å². The minimum atomic E-state index is -3.77. The number of ether oxygens (including phenoxy) is 1. The lowest BCUT2D eigenvalue weighted by atomic mass is 9.81. The van der Waals surface area contributed by atoms with Gasteiger partial charge in [-0.15, -0.1) is 0 Å². The molecule has 1 aromatic rings. The van der Waals surface area contributed by atoms with Crippen LogP contribution in [0.5, 0.6) is 0 Å². The highest BCUT2D eigenvalue weighted by Crippen LogP contribution is 2.30. The molecule has 0 bridgehead atoms. The van der Waals surface area contributed by atoms with Crippen LogP contribution in [0.25, 0.3) is 0 Å². The van der Waals surface area contributed by atoms with Crippen molar-refractivity contribution in [2.24, 2.45) is 5.41 Å². The highest BCUT2D eigenvalue weighted by molar-refractivity contribution is 7.89. The van der Waals surface area contributed by atoms with E-state index in [4.69, 9.17) is 4.74 Å². The number of aliphatic hydroxyl groups is 1. The molecule has 2 heterocycles. The molecule has 26 heavy (non-hydrogen) atoms. The molecule has 8 nitrogen and oxygen atoms in total. The zero-order chi connectivity index (χ0) is 18.8. The van der Waals surface area contributed by atoms with E-state index < -0.39 is 15.4 Å². The van der Waals surface area contributed by atoms with E-state index in [2.05, 4.69) is 4.72 Å². The van der Waals surface area contributed by atoms with Gasteiger partial charge in [-0.25, -0.2) is 13.1 Å². The van der Waals surface area contributed by atoms with Crippen LogP contribution < -0.4 is 9.62 Å². The van der Waals surface area contributed by atoms with Crippen molar-refractivity contribution in [3.05, 3.63) is 24.3 Å². The number of hydrogen-bond donors (Lipinski definition) is 2. The predicted molar refractivity (Wildman–Crippen MR) is 92.9 cm³/mol. The standard InChI is InChI=1S/C17H22N2O6S/c20-12-17(7-9-25-10-8-17)11-18-26(23,24)14-3-1-13(2-4-14)19-15(21)5-6-16(19)22/h1-4,18,20H,5-12H2. The largest absolute Gasteiger partial charge is 0.396 e. The number of sulfonamides is 1. The molecule has 2 aliphatic heterocycles. The lowest BCUT2D eigenvalue weighted by Gasteiger charge is -2.35. The number of carbonyl (C=O) groups is 2. The number of imide groups is 1. The zero-order valence-electron chi connectivity index (χ0n) is 14.3. The predicted octanol–water partition coefficient (Wildman–Crippen LogP) is 0.407. The highest BCUT2D eigenvalue weighted by atomic mass is 32.2. The maximum atomic E-state index is 12.5. The number of carbonyl (C=O) groups excluding carboxylic acids is 2. The maximum Gasteiger partial charge on any atom is 0.240 e. The summed E-state index contributed by atoms with van der Waals surface area (Å²) in [7, 11) is -3.77. The van der Waals surface area contributed by atoms with E-state index in [-0.39, 0.29) is 42.7 Å². The summed E-state index contributed by atoms with van der Waals surface area (Å²) in [5.74, 6) is -0.568. The van der Waals surface area contributed by atoms with Crippen LogP contribution in [0.3, 0.4) is 0 Å². The van der Waals surface area contributed by atoms with Crippen molar-refractivity contribution in [1.29, 1.82) is 0 Å². The van der Waals surface area contributed by atoms with Gasteiger partial charge in [0.1, 0.15) is 0 Å². The van der Waals surface area contributed by atoms with Crippen molar-refractivity contribution in [2.75, 3.05) is 31.3 Å². The van der Waals surface area contributed by atoms with Crippen LogP contribution >= 0.6 is 0 Å². The van der Waals surface area contributed by atoms with Crippen molar-refractivity contribution in [1.82, 2.24) is 4.72 Å². The lowest BCUT2D eigenvalue weighted by Crippen LogP contribution is -2.43. The fourth-order valence-electron chi connectivity index (χ4n) is 3.17. The number of benzene rings is 1. The van der Waals surface area contributed by atoms with Crippen molar-refractivity contribution in [3.63, 3.8) is 0 Å². The minimum Gasteiger partial charge on any atom is -0.396 e. The molecule has 0 saturated carbocycles. The highest BCUT2D eigenvalue weighted by Gasteiger charge is 2.34. The van der Waals surface area contributed by atoms with E-state index in [0.717, 1.165) is 4.90 Å². The molecule has 0 radical (unpaired) electrons. The van der Waals surface area contributed by atoms with Gasteiger partial charge in [0.25, 0.3) is 0 Å². The Morgan fingerprint density at radius 2 is 1.65 bits per heavy atom. The summed E-state index contributed by atoms with van der Waals surface area (Å²) >= 11 is 0. The first-order valence-corrected chi connectivity index (χ1v) is 9.99. The fraction of sp³-hybridized carbons (Fsp3) is 0.529. The first kappa shape index (κ1) is 19.0. The van der Waals surface area contributed by atoms with E-state index in [1.807, 2.05) is 0 Å². The second kappa shape index (κ2) is 7.43. The van der Waals surface area contributed by atoms with Crippen LogP contribution in [-0.2, 0) is 24.3 Å². The number of aliphatic hydroxyl groups excluding tert-OH is 1. The molecule has 0 atom stereocenters. The molecule has 2 amide bonds. The summed E-state index contributed by atoms with van der Waals surface area (Å²) in [6.07, 6.45) is 1.52. The quantitative estimate of drug-likeness (QED) is 0.689. The summed E-state index contributed by atoms with van der Waals surface area (Å²) in [6.45, 7) is 1.00. The second-order valence-electron chi connectivity index (χ2n) is 6.71. The molecular formula is C17H22N2O6S. The lowest BCUT2D eigenvalue weighted by molar-refractivity contribution is -0.121. The molecule has 3 rings (SSSR count). The Kier molecular flexibility index (Phi) is 5.42. The molecule has 0 aromatic heterocycles. The molecule has 9 heteroatoms. The van der Waals surface area contributed by atoms with Crippen LogP contribution in [-0.4, -0.2) is 51.7 Å². The zero-order valence-corrected chi connectivity index (χ0v) is 15.1. The van der Waals surface area contributed by atoms with Crippen LogP contribution in [0.15, 0.2) is 29.2 Å². The monoisotopic (exact) mass is 382 g/mol. The minimum absolute atomic E-state index is 0.0421. The van der Waals surface area contributed by atoms with Crippen molar-refractivity contribution >= 4 is 27.5 Å². The summed E-state index contributed by atoms with van der Waals surface area (Å²) < 4.78 is 32.9. The van der Waals surface area contributed by atoms with Crippen molar-refractivity contribution in [2.45, 2.75) is 30.6 Å². The Hall–Kier alpha value is -1.81. The van der Waals surface area contributed by atoms with Gasteiger partial charge in [0.15, 0.2) is 0 Å². The van der Waals surface area contributed by atoms with Gasteiger partial charge in [0.2, 0.25) is 21.8 Å². The van der Waals surface area contributed by atoms with Crippen LogP contribution in [0, 0.1) is 5.41 Å². The van der Waals surface area contributed by atoms with Gasteiger partial charge in [0.05, 0.1) is 17.2 Å². The van der Waals surface area contributed by atoms with Gasteiger partial charge >= 0.3 is 0 Å². The Morgan fingerprint density at radius 1 is 1.08 bits per heavy atom. The molecule has 0 aliphatic carbocycles. The SMILES string of the molecule is O=C1CCC(=O)N1c1ccc(S(=O)(=O)NCC2(CO)CCOCC2)cc1. The third-order valence-corrected chi connectivity index (χ3v) is 6.40. The van der Waals surface area contributed by atoms with Gasteiger partial charge in [0, 0.05) is 38.0 Å². The number of rotatable bonds is 6. The molecule has 2 N–H and O–H groups in total. The third-order valence-electron chi connectivity index (χ3n) is 4.98. The Morgan fingerprint density at radius 3 is 2.19 bits per heavy atom. The first-order chi connectivity index (χ1) is 12.4. The molecule has 2 aliphatic rings. The van der Waals surface area contributed by atoms with Gasteiger partial charge in [-0.1, -0.05) is 0 Å². The smallest absolute Gasteiger partial charge is 0.240 e. The number of amides is 2. The molecule has 0 unspecified atom stereocenters. The number of anilines is 1. The van der Waals surface area contributed by atoms with Crippen LogP contribution in [0.2, 0.25) is 0 Å². The summed E-state index contributed by atoms with van der Waals surface area (Å²) in [6, 6.07) is 5.64. The normalized spacial score (nSPS) is 20.6. The molecule has 0 spiro atoms. The summed E-state index contributed by atoms with van der Waals surface area (Å²) in [4.78, 5) is 24.6. The summed E-state index contributed by atoms with van der Waals surface area (Å²) in [5, 5.41) is 9.66. The Bertz CT molecular complexity index is 768. The van der Waals surface area contributed by atoms with Crippen molar-refractivity contribution in [3.8, 4) is 0 Å². The maximum absolute atomic E-state index is 12.5. The second-order valence-corrected chi connectivity index (χ2v) is 8.48. The molecule has 1 aromatic carbocycles. The number of nitrogens with one attached hydrogen (secondary N) is 1. The summed E-state index contributed by atoms with van der Waals surface area (Å²) in [5.41, 5.74) is -0.146. The topological polar surface area (TPSA) is 113 Å². The van der Waals surface area contributed by atoms with Crippen LogP contribution in [0.1, 0.15) is 25.7 Å². The van der Waals surface area contributed by atoms with Gasteiger partial charge in [-0.3, -0.25) is 14.5 Å². The van der Waals surface area contributed by atoms with E-state index in [1.54, 1.807) is 0 Å². The van der Waals surface area contributed by atoms with E-state index in [0.29, 0.717) is 31.7 Å². The molecule has 2 fully saturated rings. The first-order valence-electron chi connectivity index (χ1n) is 8.51. The molecule has 2 saturated heterocycles. The molecular weight excluding hydrogens is 360 g/mol. The fourth-order valence-corrected chi connectivity index (χ4v) is 4.32. The van der Waals surface area contributed by atoms with Crippen LogP contribution in [0.4, 0.5) is 5.69 Å². The Balaban J connectivity index is 1.71.